The predicted molar refractivity (Wildman–Crippen MR) is 89.9 cm³/mol. The van der Waals surface area contributed by atoms with Gasteiger partial charge in [0, 0.05) is 38.4 Å². The molecule has 0 saturated heterocycles. The number of nitrogens with one attached hydrogen (secondary N) is 3. The molecule has 130 valence electrons. The number of amides is 1. The van der Waals surface area contributed by atoms with Crippen LogP contribution in [0.25, 0.3) is 0 Å². The Morgan fingerprint density at radius 2 is 1.96 bits per heavy atom. The molecule has 0 aliphatic carbocycles. The molecule has 0 bridgehead atoms. The molecule has 9 nitrogen and oxygen atoms in total. The van der Waals surface area contributed by atoms with Gasteiger partial charge in [-0.15, -0.1) is 0 Å². The largest absolute Gasteiger partial charge is 0.368 e. The zero-order chi connectivity index (χ0) is 17.5. The van der Waals surface area contributed by atoms with Crippen LogP contribution in [0.3, 0.4) is 0 Å². The molecule has 1 aromatic rings. The van der Waals surface area contributed by atoms with Crippen LogP contribution >= 0.6 is 0 Å². The van der Waals surface area contributed by atoms with Crippen molar-refractivity contribution in [3.8, 4) is 0 Å². The quantitative estimate of drug-likeness (QED) is 0.524. The number of likely N-dealkylation sites (N-methyl/N-ethyl adjacent to an activating group) is 1. The van der Waals surface area contributed by atoms with Gasteiger partial charge in [-0.1, -0.05) is 0 Å². The van der Waals surface area contributed by atoms with E-state index in [1.54, 1.807) is 6.07 Å². The second-order valence-electron chi connectivity index (χ2n) is 5.04. The van der Waals surface area contributed by atoms with Crippen molar-refractivity contribution in [2.45, 2.75) is 13.8 Å². The molecule has 0 fully saturated rings. The van der Waals surface area contributed by atoms with E-state index in [0.29, 0.717) is 24.9 Å². The van der Waals surface area contributed by atoms with E-state index in [-0.39, 0.29) is 12.5 Å². The minimum absolute atomic E-state index is 0.198. The summed E-state index contributed by atoms with van der Waals surface area (Å²) in [6.45, 7) is 5.19. The van der Waals surface area contributed by atoms with Crippen molar-refractivity contribution in [3.63, 3.8) is 0 Å². The Morgan fingerprint density at radius 1 is 1.26 bits per heavy atom. The molecule has 0 radical (unpaired) electrons. The van der Waals surface area contributed by atoms with Gasteiger partial charge in [-0.2, -0.15) is 9.29 Å². The molecule has 0 aromatic carbocycles. The zero-order valence-electron chi connectivity index (χ0n) is 13.9. The predicted octanol–water partition coefficient (Wildman–Crippen LogP) is -0.364. The maximum absolute atomic E-state index is 11.6. The normalized spacial score (nSPS) is 11.3. The van der Waals surface area contributed by atoms with Crippen molar-refractivity contribution in [2.24, 2.45) is 0 Å². The highest BCUT2D eigenvalue weighted by Gasteiger charge is 2.14. The van der Waals surface area contributed by atoms with Gasteiger partial charge in [0.05, 0.1) is 12.8 Å². The molecule has 10 heteroatoms. The molecule has 1 heterocycles. The maximum Gasteiger partial charge on any atom is 0.235 e. The number of aromatic nitrogens is 2. The molecule has 1 rings (SSSR count). The molecule has 0 aliphatic heterocycles. The molecule has 0 atom stereocenters. The Bertz CT molecular complexity index is 635. The Kier molecular flexibility index (Phi) is 7.17. The van der Waals surface area contributed by atoms with Crippen LogP contribution in [0.4, 0.5) is 11.8 Å². The van der Waals surface area contributed by atoms with Crippen molar-refractivity contribution in [1.82, 2.24) is 19.6 Å². The number of hydrogen-bond acceptors (Lipinski definition) is 7. The number of sulfonamides is 1. The smallest absolute Gasteiger partial charge is 0.235 e. The van der Waals surface area contributed by atoms with E-state index in [2.05, 4.69) is 25.9 Å². The molecule has 0 saturated carbocycles. The Labute approximate surface area is 136 Å². The van der Waals surface area contributed by atoms with Crippen LogP contribution in [0, 0.1) is 6.92 Å². The number of nitrogens with zero attached hydrogens (tertiary/aromatic N) is 3. The number of anilines is 2. The minimum Gasteiger partial charge on any atom is -0.368 e. The maximum atomic E-state index is 11.6. The molecular weight excluding hydrogens is 320 g/mol. The summed E-state index contributed by atoms with van der Waals surface area (Å²) < 4.78 is 23.4. The highest BCUT2D eigenvalue weighted by molar-refractivity contribution is 7.88. The van der Waals surface area contributed by atoms with Crippen LogP contribution in [0.5, 0.6) is 0 Å². The molecule has 0 spiro atoms. The highest BCUT2D eigenvalue weighted by atomic mass is 32.2. The van der Waals surface area contributed by atoms with E-state index in [0.717, 1.165) is 22.8 Å². The summed E-state index contributed by atoms with van der Waals surface area (Å²) in [5, 5.41) is 8.77. The number of carbonyl (C=O) groups is 1. The number of aryl methyl sites for hydroxylation is 1. The lowest BCUT2D eigenvalue weighted by Gasteiger charge is -2.14. The van der Waals surface area contributed by atoms with Crippen LogP contribution in [0.2, 0.25) is 0 Å². The minimum atomic E-state index is -3.35. The fourth-order valence-corrected chi connectivity index (χ4v) is 2.02. The first-order valence-corrected chi connectivity index (χ1v) is 9.08. The SMILES string of the molecule is CCNc1nc(C)cc(NCCNC(=O)CN(C)S(C)(=O)=O)n1. The zero-order valence-corrected chi connectivity index (χ0v) is 14.7. The second kappa shape index (κ2) is 8.63. The summed E-state index contributed by atoms with van der Waals surface area (Å²) in [6.07, 6.45) is 1.06. The molecule has 0 unspecified atom stereocenters. The first kappa shape index (κ1) is 19.1. The van der Waals surface area contributed by atoms with Gasteiger partial charge in [-0.25, -0.2) is 13.4 Å². The number of carbonyl (C=O) groups excluding carboxylic acids is 1. The molecule has 3 N–H and O–H groups in total. The molecule has 0 aliphatic rings. The van der Waals surface area contributed by atoms with E-state index >= 15 is 0 Å². The molecule has 23 heavy (non-hydrogen) atoms. The van der Waals surface area contributed by atoms with Gasteiger partial charge in [0.25, 0.3) is 0 Å². The molecular formula is C13H24N6O3S. The van der Waals surface area contributed by atoms with Gasteiger partial charge in [0.15, 0.2) is 0 Å². The summed E-state index contributed by atoms with van der Waals surface area (Å²) in [5.74, 6) is 0.858. The highest BCUT2D eigenvalue weighted by Crippen LogP contribution is 2.08. The number of hydrogen-bond donors (Lipinski definition) is 3. The van der Waals surface area contributed by atoms with Gasteiger partial charge in [-0.3, -0.25) is 4.79 Å². The first-order chi connectivity index (χ1) is 10.7. The summed E-state index contributed by atoms with van der Waals surface area (Å²) >= 11 is 0. The van der Waals surface area contributed by atoms with Crippen LogP contribution in [-0.2, 0) is 14.8 Å². The van der Waals surface area contributed by atoms with Crippen molar-refractivity contribution in [1.29, 1.82) is 0 Å². The van der Waals surface area contributed by atoms with Crippen LogP contribution in [0.15, 0.2) is 6.07 Å². The number of rotatable bonds is 9. The van der Waals surface area contributed by atoms with Gasteiger partial charge in [0.1, 0.15) is 5.82 Å². The lowest BCUT2D eigenvalue weighted by atomic mass is 10.4. The average molecular weight is 344 g/mol. The topological polar surface area (TPSA) is 116 Å². The van der Waals surface area contributed by atoms with Gasteiger partial charge in [-0.05, 0) is 13.8 Å². The third-order valence-corrected chi connectivity index (χ3v) is 4.14. The van der Waals surface area contributed by atoms with E-state index in [1.807, 2.05) is 13.8 Å². The lowest BCUT2D eigenvalue weighted by Crippen LogP contribution is -2.39. The van der Waals surface area contributed by atoms with Gasteiger partial charge < -0.3 is 16.0 Å². The fourth-order valence-electron chi connectivity index (χ4n) is 1.66. The van der Waals surface area contributed by atoms with E-state index in [1.165, 1.54) is 7.05 Å². The van der Waals surface area contributed by atoms with Crippen LogP contribution in [0.1, 0.15) is 12.6 Å². The Morgan fingerprint density at radius 3 is 2.57 bits per heavy atom. The monoisotopic (exact) mass is 344 g/mol. The second-order valence-corrected chi connectivity index (χ2v) is 7.13. The van der Waals surface area contributed by atoms with E-state index < -0.39 is 10.0 Å². The lowest BCUT2D eigenvalue weighted by molar-refractivity contribution is -0.121. The van der Waals surface area contributed by atoms with Crippen molar-refractivity contribution in [3.05, 3.63) is 11.8 Å². The van der Waals surface area contributed by atoms with E-state index in [4.69, 9.17) is 0 Å². The van der Waals surface area contributed by atoms with Crippen LogP contribution < -0.4 is 16.0 Å². The van der Waals surface area contributed by atoms with Crippen molar-refractivity contribution in [2.75, 3.05) is 50.1 Å². The summed E-state index contributed by atoms with van der Waals surface area (Å²) in [5.41, 5.74) is 0.831. The van der Waals surface area contributed by atoms with E-state index in [9.17, 15) is 13.2 Å². The Hall–Kier alpha value is -1.94. The molecule has 1 aromatic heterocycles. The summed E-state index contributed by atoms with van der Waals surface area (Å²) in [4.78, 5) is 20.2. The van der Waals surface area contributed by atoms with Crippen molar-refractivity contribution < 1.29 is 13.2 Å². The first-order valence-electron chi connectivity index (χ1n) is 7.23. The Balaban J connectivity index is 2.39. The van der Waals surface area contributed by atoms with Crippen LogP contribution in [-0.4, -0.2) is 68.1 Å². The summed E-state index contributed by atoms with van der Waals surface area (Å²) in [7, 11) is -1.99. The average Bonchev–Trinajstić information content (AvgIpc) is 2.42. The molecule has 1 amide bonds. The van der Waals surface area contributed by atoms with Crippen molar-refractivity contribution >= 4 is 27.7 Å². The van der Waals surface area contributed by atoms with Gasteiger partial charge in [0.2, 0.25) is 21.9 Å². The summed E-state index contributed by atoms with van der Waals surface area (Å²) in [6, 6.07) is 1.81. The van der Waals surface area contributed by atoms with Gasteiger partial charge >= 0.3 is 0 Å². The fraction of sp³-hybridized carbons (Fsp3) is 0.615. The third-order valence-electron chi connectivity index (χ3n) is 2.87. The standard InChI is InChI=1S/C13H24N6O3S/c1-5-14-13-17-10(2)8-11(18-13)15-6-7-16-12(20)9-19(3)23(4,21)22/h8H,5-7,9H2,1-4H3,(H,16,20)(H2,14,15,17,18). The third kappa shape index (κ3) is 7.24.